The number of carbonyl (C=O) groups is 2. The van der Waals surface area contributed by atoms with Crippen LogP contribution in [0.1, 0.15) is 10.4 Å². The van der Waals surface area contributed by atoms with Crippen molar-refractivity contribution in [3.05, 3.63) is 42.5 Å². The van der Waals surface area contributed by atoms with Crippen LogP contribution < -0.4 is 4.74 Å². The summed E-state index contributed by atoms with van der Waals surface area (Å²) < 4.78 is 5.38. The minimum Gasteiger partial charge on any atom is -0.490 e. The molecule has 1 heterocycles. The van der Waals surface area contributed by atoms with Gasteiger partial charge >= 0.3 is 0 Å². The predicted molar refractivity (Wildman–Crippen MR) is 75.7 cm³/mol. The summed E-state index contributed by atoms with van der Waals surface area (Å²) in [5, 5.41) is 0. The van der Waals surface area contributed by atoms with Crippen LogP contribution >= 0.6 is 0 Å². The lowest BCUT2D eigenvalue weighted by Gasteiger charge is -2.32. The first-order valence-electron chi connectivity index (χ1n) is 6.57. The van der Waals surface area contributed by atoms with Gasteiger partial charge in [-0.15, -0.1) is 0 Å². The zero-order valence-electron chi connectivity index (χ0n) is 11.3. The molecule has 0 spiro atoms. The Morgan fingerprint density at radius 3 is 2.40 bits per heavy atom. The van der Waals surface area contributed by atoms with Gasteiger partial charge < -0.3 is 14.5 Å². The number of nitrogens with zero attached hydrogens (tertiary/aromatic N) is 2. The Labute approximate surface area is 118 Å². The molecule has 20 heavy (non-hydrogen) atoms. The molecule has 0 unspecified atom stereocenters. The minimum atomic E-state index is -0.00850. The van der Waals surface area contributed by atoms with Gasteiger partial charge in [-0.25, -0.2) is 0 Å². The van der Waals surface area contributed by atoms with Crippen LogP contribution in [-0.4, -0.2) is 54.9 Å². The molecular formula is C15H18N2O3. The number of ether oxygens (including phenoxy) is 1. The maximum Gasteiger partial charge on any atom is 0.253 e. The summed E-state index contributed by atoms with van der Waals surface area (Å²) in [6.07, 6.45) is 2.50. The van der Waals surface area contributed by atoms with Crippen LogP contribution in [0.3, 0.4) is 0 Å². The molecule has 5 heteroatoms. The van der Waals surface area contributed by atoms with E-state index in [1.807, 2.05) is 0 Å². The fraction of sp³-hybridized carbons (Fsp3) is 0.333. The molecule has 0 bridgehead atoms. The van der Waals surface area contributed by atoms with Gasteiger partial charge in [0.25, 0.3) is 5.91 Å². The van der Waals surface area contributed by atoms with Gasteiger partial charge in [-0.2, -0.15) is 0 Å². The van der Waals surface area contributed by atoms with E-state index in [-0.39, 0.29) is 5.91 Å². The molecule has 0 radical (unpaired) electrons. The van der Waals surface area contributed by atoms with E-state index in [2.05, 4.69) is 6.58 Å². The van der Waals surface area contributed by atoms with Crippen LogP contribution in [-0.2, 0) is 4.79 Å². The SMILES string of the molecule is C=CCOc1ccc(C(=O)N2CCN(C=O)CC2)cc1. The molecule has 2 rings (SSSR count). The average Bonchev–Trinajstić information content (AvgIpc) is 2.53. The molecule has 1 aromatic rings. The highest BCUT2D eigenvalue weighted by atomic mass is 16.5. The molecule has 5 nitrogen and oxygen atoms in total. The highest BCUT2D eigenvalue weighted by Gasteiger charge is 2.21. The quantitative estimate of drug-likeness (QED) is 0.598. The molecule has 0 saturated carbocycles. The van der Waals surface area contributed by atoms with E-state index < -0.39 is 0 Å². The third-order valence-corrected chi connectivity index (χ3v) is 3.22. The maximum absolute atomic E-state index is 12.3. The number of rotatable bonds is 5. The first-order valence-corrected chi connectivity index (χ1v) is 6.57. The van der Waals surface area contributed by atoms with E-state index in [1.54, 1.807) is 40.1 Å². The molecule has 1 aliphatic rings. The Hall–Kier alpha value is -2.30. The first-order chi connectivity index (χ1) is 9.74. The van der Waals surface area contributed by atoms with Crippen molar-refractivity contribution in [2.45, 2.75) is 0 Å². The van der Waals surface area contributed by atoms with Gasteiger partial charge in [-0.3, -0.25) is 9.59 Å². The van der Waals surface area contributed by atoms with Crippen molar-refractivity contribution in [2.24, 2.45) is 0 Å². The summed E-state index contributed by atoms with van der Waals surface area (Å²) in [6.45, 7) is 6.36. The van der Waals surface area contributed by atoms with E-state index >= 15 is 0 Å². The molecule has 1 fully saturated rings. The first kappa shape index (κ1) is 14.1. The Balaban J connectivity index is 1.95. The minimum absolute atomic E-state index is 0.00850. The van der Waals surface area contributed by atoms with Gasteiger partial charge in [-0.05, 0) is 24.3 Å². The van der Waals surface area contributed by atoms with Gasteiger partial charge in [0.15, 0.2) is 0 Å². The summed E-state index contributed by atoms with van der Waals surface area (Å²) in [4.78, 5) is 26.4. The Morgan fingerprint density at radius 2 is 1.85 bits per heavy atom. The van der Waals surface area contributed by atoms with Gasteiger partial charge in [0.1, 0.15) is 12.4 Å². The average molecular weight is 274 g/mol. The fourth-order valence-corrected chi connectivity index (χ4v) is 2.06. The van der Waals surface area contributed by atoms with Crippen molar-refractivity contribution in [2.75, 3.05) is 32.8 Å². The van der Waals surface area contributed by atoms with E-state index in [4.69, 9.17) is 4.74 Å². The zero-order chi connectivity index (χ0) is 14.4. The summed E-state index contributed by atoms with van der Waals surface area (Å²) in [6, 6.07) is 7.07. The van der Waals surface area contributed by atoms with Gasteiger partial charge in [0.2, 0.25) is 6.41 Å². The molecule has 1 aliphatic heterocycles. The van der Waals surface area contributed by atoms with Crippen LogP contribution in [0.25, 0.3) is 0 Å². The third kappa shape index (κ3) is 3.38. The number of piperazine rings is 1. The second-order valence-corrected chi connectivity index (χ2v) is 4.56. The number of hydrogen-bond donors (Lipinski definition) is 0. The maximum atomic E-state index is 12.3. The van der Waals surface area contributed by atoms with Gasteiger partial charge in [-0.1, -0.05) is 12.7 Å². The molecule has 2 amide bonds. The third-order valence-electron chi connectivity index (χ3n) is 3.22. The van der Waals surface area contributed by atoms with Crippen LogP contribution in [0.5, 0.6) is 5.75 Å². The van der Waals surface area contributed by atoms with Crippen LogP contribution in [0.15, 0.2) is 36.9 Å². The van der Waals surface area contributed by atoms with Crippen LogP contribution in [0.2, 0.25) is 0 Å². The highest BCUT2D eigenvalue weighted by molar-refractivity contribution is 5.94. The van der Waals surface area contributed by atoms with Crippen molar-refractivity contribution in [3.63, 3.8) is 0 Å². The normalized spacial score (nSPS) is 14.8. The van der Waals surface area contributed by atoms with Crippen LogP contribution in [0, 0.1) is 0 Å². The zero-order valence-corrected chi connectivity index (χ0v) is 11.3. The molecular weight excluding hydrogens is 256 g/mol. The number of amides is 2. The lowest BCUT2D eigenvalue weighted by molar-refractivity contribution is -0.119. The number of benzene rings is 1. The van der Waals surface area contributed by atoms with Crippen LogP contribution in [0.4, 0.5) is 0 Å². The second kappa shape index (κ2) is 6.75. The van der Waals surface area contributed by atoms with Gasteiger partial charge in [0, 0.05) is 31.7 Å². The monoisotopic (exact) mass is 274 g/mol. The predicted octanol–water partition coefficient (Wildman–Crippen LogP) is 1.17. The molecule has 0 aromatic heterocycles. The van der Waals surface area contributed by atoms with E-state index in [9.17, 15) is 9.59 Å². The lowest BCUT2D eigenvalue weighted by atomic mass is 10.1. The fourth-order valence-electron chi connectivity index (χ4n) is 2.06. The number of carbonyl (C=O) groups excluding carboxylic acids is 2. The van der Waals surface area contributed by atoms with Crippen molar-refractivity contribution in [1.29, 1.82) is 0 Å². The van der Waals surface area contributed by atoms with E-state index in [0.29, 0.717) is 44.1 Å². The smallest absolute Gasteiger partial charge is 0.253 e. The summed E-state index contributed by atoms with van der Waals surface area (Å²) in [7, 11) is 0. The van der Waals surface area contributed by atoms with Crippen molar-refractivity contribution in [1.82, 2.24) is 9.80 Å². The molecule has 106 valence electrons. The van der Waals surface area contributed by atoms with Gasteiger partial charge in [0.05, 0.1) is 0 Å². The lowest BCUT2D eigenvalue weighted by Crippen LogP contribution is -2.48. The summed E-state index contributed by atoms with van der Waals surface area (Å²) in [5.41, 5.74) is 0.635. The Kier molecular flexibility index (Phi) is 4.76. The molecule has 0 N–H and O–H groups in total. The van der Waals surface area contributed by atoms with Crippen molar-refractivity contribution in [3.8, 4) is 5.75 Å². The van der Waals surface area contributed by atoms with E-state index in [1.165, 1.54) is 0 Å². The molecule has 1 aromatic carbocycles. The topological polar surface area (TPSA) is 49.9 Å². The molecule has 0 atom stereocenters. The molecule has 1 saturated heterocycles. The standard InChI is InChI=1S/C15H18N2O3/c1-2-11-20-14-5-3-13(4-6-14)15(19)17-9-7-16(12-18)8-10-17/h2-6,12H,1,7-11H2. The summed E-state index contributed by atoms with van der Waals surface area (Å²) >= 11 is 0. The van der Waals surface area contributed by atoms with Crippen molar-refractivity contribution >= 4 is 12.3 Å². The Bertz CT molecular complexity index is 476. The Morgan fingerprint density at radius 1 is 1.20 bits per heavy atom. The van der Waals surface area contributed by atoms with Crippen molar-refractivity contribution < 1.29 is 14.3 Å². The number of hydrogen-bond acceptors (Lipinski definition) is 3. The highest BCUT2D eigenvalue weighted by Crippen LogP contribution is 2.14. The second-order valence-electron chi connectivity index (χ2n) is 4.56. The van der Waals surface area contributed by atoms with E-state index in [0.717, 1.165) is 6.41 Å². The summed E-state index contributed by atoms with van der Waals surface area (Å²) in [5.74, 6) is 0.707. The molecule has 0 aliphatic carbocycles. The largest absolute Gasteiger partial charge is 0.490 e.